The predicted octanol–water partition coefficient (Wildman–Crippen LogP) is 6.27. The minimum atomic E-state index is -0.776. The van der Waals surface area contributed by atoms with Crippen LogP contribution in [0.1, 0.15) is 89.7 Å². The van der Waals surface area contributed by atoms with E-state index in [-0.39, 0.29) is 12.0 Å². The van der Waals surface area contributed by atoms with Crippen molar-refractivity contribution in [2.45, 2.75) is 90.6 Å². The maximum absolute atomic E-state index is 10.9. The van der Waals surface area contributed by atoms with Crippen LogP contribution in [0.4, 0.5) is 0 Å². The molecule has 0 saturated heterocycles. The normalized spacial score (nSPS) is 22.1. The predicted molar refractivity (Wildman–Crippen MR) is 116 cm³/mol. The van der Waals surface area contributed by atoms with E-state index in [0.29, 0.717) is 24.9 Å². The molecule has 4 nitrogen and oxygen atoms in total. The zero-order valence-corrected chi connectivity index (χ0v) is 18.4. The largest absolute Gasteiger partial charge is 0.493 e. The van der Waals surface area contributed by atoms with E-state index < -0.39 is 5.97 Å². The van der Waals surface area contributed by atoms with Crippen LogP contribution in [0.2, 0.25) is 0 Å². The number of carboxylic acids is 1. The fourth-order valence-electron chi connectivity index (χ4n) is 4.85. The summed E-state index contributed by atoms with van der Waals surface area (Å²) in [7, 11) is 0. The zero-order chi connectivity index (χ0) is 21.0. The minimum Gasteiger partial charge on any atom is -0.493 e. The molecule has 2 aliphatic rings. The van der Waals surface area contributed by atoms with Crippen LogP contribution in [-0.2, 0) is 11.2 Å². The summed E-state index contributed by atoms with van der Waals surface area (Å²) < 4.78 is 12.7. The molecule has 1 aromatic carbocycles. The Hall–Kier alpha value is -1.97. The second-order valence-corrected chi connectivity index (χ2v) is 9.22. The molecule has 0 amide bonds. The molecule has 3 rings (SSSR count). The molecule has 1 heterocycles. The first-order valence-electron chi connectivity index (χ1n) is 11.2. The molecule has 0 radical (unpaired) electrons. The molecule has 0 aromatic heterocycles. The quantitative estimate of drug-likeness (QED) is 0.392. The molecule has 1 aliphatic heterocycles. The molecular formula is C25H36O4. The summed E-state index contributed by atoms with van der Waals surface area (Å²) in [5.41, 5.74) is 3.66. The fraction of sp³-hybridized carbons (Fsp3) is 0.640. The van der Waals surface area contributed by atoms with Gasteiger partial charge in [-0.1, -0.05) is 31.4 Å². The number of ether oxygens (including phenoxy) is 2. The standard InChI is InChI=1S/C25H36O4/c1-5-6-7-9-18-15-21(28-13-8-10-23(26)27)24-19-14-17(2)11-12-20(19)25(3,4)29-22(24)16-18/h11,15-16,19-20H,5-10,12-14H2,1-4H3,(H,26,27). The summed E-state index contributed by atoms with van der Waals surface area (Å²) in [6.45, 7) is 9.27. The molecule has 29 heavy (non-hydrogen) atoms. The van der Waals surface area contributed by atoms with Crippen LogP contribution in [0.15, 0.2) is 23.8 Å². The number of carboxylic acid groups (broad SMARTS) is 1. The van der Waals surface area contributed by atoms with Crippen molar-refractivity contribution in [3.63, 3.8) is 0 Å². The Bertz CT molecular complexity index is 762. The van der Waals surface area contributed by atoms with Crippen molar-refractivity contribution in [3.05, 3.63) is 34.9 Å². The highest BCUT2D eigenvalue weighted by molar-refractivity contribution is 5.66. The molecule has 0 spiro atoms. The molecule has 2 unspecified atom stereocenters. The third-order valence-electron chi connectivity index (χ3n) is 6.41. The van der Waals surface area contributed by atoms with E-state index in [2.05, 4.69) is 45.9 Å². The maximum Gasteiger partial charge on any atom is 0.303 e. The van der Waals surface area contributed by atoms with Crippen molar-refractivity contribution in [3.8, 4) is 11.5 Å². The number of carbonyl (C=O) groups is 1. The molecule has 0 fully saturated rings. The summed E-state index contributed by atoms with van der Waals surface area (Å²) >= 11 is 0. The summed E-state index contributed by atoms with van der Waals surface area (Å²) in [5.74, 6) is 1.90. The van der Waals surface area contributed by atoms with Crippen LogP contribution in [0.25, 0.3) is 0 Å². The lowest BCUT2D eigenvalue weighted by Crippen LogP contribution is -2.45. The lowest BCUT2D eigenvalue weighted by molar-refractivity contribution is -0.137. The Balaban J connectivity index is 1.93. The van der Waals surface area contributed by atoms with Gasteiger partial charge in [0.2, 0.25) is 0 Å². The third-order valence-corrected chi connectivity index (χ3v) is 6.41. The van der Waals surface area contributed by atoms with Gasteiger partial charge >= 0.3 is 5.97 Å². The third kappa shape index (κ3) is 5.15. The van der Waals surface area contributed by atoms with Crippen LogP contribution in [0.5, 0.6) is 11.5 Å². The van der Waals surface area contributed by atoms with E-state index in [1.54, 1.807) is 0 Å². The van der Waals surface area contributed by atoms with E-state index in [1.165, 1.54) is 29.5 Å². The van der Waals surface area contributed by atoms with Gasteiger partial charge in [-0.2, -0.15) is 0 Å². The van der Waals surface area contributed by atoms with Gasteiger partial charge in [-0.15, -0.1) is 0 Å². The minimum absolute atomic E-state index is 0.135. The molecule has 0 bridgehead atoms. The summed E-state index contributed by atoms with van der Waals surface area (Å²) in [5, 5.41) is 8.93. The van der Waals surface area contributed by atoms with Crippen molar-refractivity contribution in [2.24, 2.45) is 5.92 Å². The molecule has 0 saturated carbocycles. The number of hydrogen-bond acceptors (Lipinski definition) is 3. The van der Waals surface area contributed by atoms with E-state index in [0.717, 1.165) is 37.2 Å². The summed E-state index contributed by atoms with van der Waals surface area (Å²) in [6, 6.07) is 4.41. The fourth-order valence-corrected chi connectivity index (χ4v) is 4.85. The number of aryl methyl sites for hydroxylation is 1. The van der Waals surface area contributed by atoms with Gasteiger partial charge in [-0.05, 0) is 70.6 Å². The van der Waals surface area contributed by atoms with Crippen LogP contribution in [0.3, 0.4) is 0 Å². The highest BCUT2D eigenvalue weighted by Crippen LogP contribution is 2.54. The number of benzene rings is 1. The monoisotopic (exact) mass is 400 g/mol. The number of aliphatic carboxylic acids is 1. The second-order valence-electron chi connectivity index (χ2n) is 9.22. The molecule has 1 N–H and O–H groups in total. The first-order valence-corrected chi connectivity index (χ1v) is 11.2. The highest BCUT2D eigenvalue weighted by atomic mass is 16.5. The molecule has 2 atom stereocenters. The van der Waals surface area contributed by atoms with Crippen LogP contribution < -0.4 is 9.47 Å². The van der Waals surface area contributed by atoms with Crippen molar-refractivity contribution in [2.75, 3.05) is 6.61 Å². The lowest BCUT2D eigenvalue weighted by Gasteiger charge is -2.47. The molecule has 4 heteroatoms. The van der Waals surface area contributed by atoms with E-state index >= 15 is 0 Å². The number of allylic oxidation sites excluding steroid dienone is 2. The number of unbranched alkanes of at least 4 members (excludes halogenated alkanes) is 2. The van der Waals surface area contributed by atoms with Gasteiger partial charge in [-0.25, -0.2) is 0 Å². The Morgan fingerprint density at radius 2 is 2.07 bits per heavy atom. The van der Waals surface area contributed by atoms with Gasteiger partial charge in [0, 0.05) is 23.8 Å². The Morgan fingerprint density at radius 1 is 1.28 bits per heavy atom. The van der Waals surface area contributed by atoms with Gasteiger partial charge < -0.3 is 14.6 Å². The Kier molecular flexibility index (Phi) is 6.92. The molecule has 160 valence electrons. The molecule has 1 aromatic rings. The van der Waals surface area contributed by atoms with Crippen molar-refractivity contribution >= 4 is 5.97 Å². The van der Waals surface area contributed by atoms with Crippen LogP contribution in [-0.4, -0.2) is 23.3 Å². The Labute approximate surface area is 175 Å². The van der Waals surface area contributed by atoms with E-state index in [9.17, 15) is 4.79 Å². The topological polar surface area (TPSA) is 55.8 Å². The van der Waals surface area contributed by atoms with Crippen molar-refractivity contribution in [1.29, 1.82) is 0 Å². The van der Waals surface area contributed by atoms with Gasteiger partial charge in [0.05, 0.1) is 6.61 Å². The number of hydrogen-bond donors (Lipinski definition) is 1. The average Bonchev–Trinajstić information content (AvgIpc) is 2.64. The number of fused-ring (bicyclic) bond motifs is 3. The van der Waals surface area contributed by atoms with Crippen molar-refractivity contribution in [1.82, 2.24) is 0 Å². The highest BCUT2D eigenvalue weighted by Gasteiger charge is 2.45. The van der Waals surface area contributed by atoms with E-state index in [4.69, 9.17) is 14.6 Å². The zero-order valence-electron chi connectivity index (χ0n) is 18.4. The smallest absolute Gasteiger partial charge is 0.303 e. The SMILES string of the molecule is CCCCCc1cc(OCCCC(=O)O)c2c(c1)OC(C)(C)C1CC=C(C)CC21. The lowest BCUT2D eigenvalue weighted by atomic mass is 9.67. The van der Waals surface area contributed by atoms with Crippen LogP contribution in [0, 0.1) is 5.92 Å². The number of rotatable bonds is 9. The first-order chi connectivity index (χ1) is 13.8. The average molecular weight is 401 g/mol. The summed E-state index contributed by atoms with van der Waals surface area (Å²) in [6.07, 6.45) is 9.65. The first kappa shape index (κ1) is 21.7. The van der Waals surface area contributed by atoms with Crippen LogP contribution >= 0.6 is 0 Å². The maximum atomic E-state index is 10.9. The van der Waals surface area contributed by atoms with Gasteiger partial charge in [-0.3, -0.25) is 4.79 Å². The summed E-state index contributed by atoms with van der Waals surface area (Å²) in [4.78, 5) is 10.9. The van der Waals surface area contributed by atoms with Gasteiger partial charge in [0.1, 0.15) is 17.1 Å². The molecular weight excluding hydrogens is 364 g/mol. The van der Waals surface area contributed by atoms with Gasteiger partial charge in [0.25, 0.3) is 0 Å². The second kappa shape index (κ2) is 9.23. The van der Waals surface area contributed by atoms with Gasteiger partial charge in [0.15, 0.2) is 0 Å². The van der Waals surface area contributed by atoms with E-state index in [1.807, 2.05) is 0 Å². The molecule has 1 aliphatic carbocycles. The Morgan fingerprint density at radius 3 is 2.79 bits per heavy atom. The van der Waals surface area contributed by atoms with Crippen molar-refractivity contribution < 1.29 is 19.4 Å².